The van der Waals surface area contributed by atoms with E-state index >= 15 is 0 Å². The number of methoxy groups -OCH3 is 1. The number of anilines is 1. The Labute approximate surface area is 163 Å². The van der Waals surface area contributed by atoms with Crippen LogP contribution in [0.5, 0.6) is 17.2 Å². The Morgan fingerprint density at radius 2 is 1.89 bits per heavy atom. The molecule has 3 N–H and O–H groups in total. The van der Waals surface area contributed by atoms with E-state index in [1.54, 1.807) is 24.3 Å². The van der Waals surface area contributed by atoms with Crippen molar-refractivity contribution >= 4 is 17.5 Å². The van der Waals surface area contributed by atoms with Gasteiger partial charge in [-0.1, -0.05) is 6.07 Å². The highest BCUT2D eigenvalue weighted by atomic mass is 16.5. The molecule has 28 heavy (non-hydrogen) atoms. The predicted molar refractivity (Wildman–Crippen MR) is 105 cm³/mol. The summed E-state index contributed by atoms with van der Waals surface area (Å²) >= 11 is 0. The minimum Gasteiger partial charge on any atom is -0.493 e. The van der Waals surface area contributed by atoms with Crippen LogP contribution >= 0.6 is 0 Å². The van der Waals surface area contributed by atoms with Gasteiger partial charge in [0.05, 0.1) is 13.2 Å². The van der Waals surface area contributed by atoms with E-state index in [1.165, 1.54) is 20.0 Å². The van der Waals surface area contributed by atoms with Crippen molar-refractivity contribution in [3.8, 4) is 17.2 Å². The van der Waals surface area contributed by atoms with Gasteiger partial charge in [-0.05, 0) is 56.0 Å². The first-order valence-electron chi connectivity index (χ1n) is 9.22. The predicted octanol–water partition coefficient (Wildman–Crippen LogP) is 3.13. The van der Waals surface area contributed by atoms with E-state index in [4.69, 9.17) is 19.9 Å². The van der Waals surface area contributed by atoms with E-state index in [0.29, 0.717) is 22.7 Å². The summed E-state index contributed by atoms with van der Waals surface area (Å²) in [6, 6.07) is 12.1. The number of hydrogen-bond donors (Lipinski definition) is 2. The van der Waals surface area contributed by atoms with Gasteiger partial charge in [-0.2, -0.15) is 0 Å². The summed E-state index contributed by atoms with van der Waals surface area (Å²) in [5, 5.41) is 2.86. The number of carbonyl (C=O) groups excluding carboxylic acids is 2. The van der Waals surface area contributed by atoms with Crippen LogP contribution in [-0.2, 0) is 4.79 Å². The first-order chi connectivity index (χ1) is 13.5. The monoisotopic (exact) mass is 384 g/mol. The third kappa shape index (κ3) is 5.16. The normalized spacial score (nSPS) is 13.8. The molecule has 0 atom stereocenters. The Balaban J connectivity index is 1.67. The van der Waals surface area contributed by atoms with Crippen molar-refractivity contribution in [2.45, 2.75) is 31.8 Å². The summed E-state index contributed by atoms with van der Waals surface area (Å²) in [6.07, 6.45) is 4.79. The lowest BCUT2D eigenvalue weighted by Gasteiger charge is -2.14. The van der Waals surface area contributed by atoms with E-state index in [0.717, 1.165) is 18.6 Å². The van der Waals surface area contributed by atoms with Gasteiger partial charge in [0.15, 0.2) is 18.1 Å². The summed E-state index contributed by atoms with van der Waals surface area (Å²) < 4.78 is 16.5. The molecule has 1 aliphatic carbocycles. The molecule has 0 bridgehead atoms. The molecule has 2 aromatic rings. The van der Waals surface area contributed by atoms with Gasteiger partial charge in [0.2, 0.25) is 0 Å². The minimum absolute atomic E-state index is 0.253. The molecule has 0 radical (unpaired) electrons. The van der Waals surface area contributed by atoms with Crippen LogP contribution < -0.4 is 25.3 Å². The average Bonchev–Trinajstić information content (AvgIpc) is 3.19. The van der Waals surface area contributed by atoms with E-state index < -0.39 is 5.91 Å². The van der Waals surface area contributed by atoms with E-state index in [9.17, 15) is 9.59 Å². The smallest absolute Gasteiger partial charge is 0.255 e. The standard InChI is InChI=1S/C21H24N2O5/c1-26-19-11-14(9-10-18(19)27-13-20(22)24)21(25)23-15-5-4-8-17(12-15)28-16-6-2-3-7-16/h4-5,8-12,16H,2-3,6-7,13H2,1H3,(H2,22,24)(H,23,25). The van der Waals surface area contributed by atoms with E-state index in [2.05, 4.69) is 5.32 Å². The summed E-state index contributed by atoms with van der Waals surface area (Å²) in [5.74, 6) is 0.538. The van der Waals surface area contributed by atoms with Gasteiger partial charge < -0.3 is 25.3 Å². The number of nitrogens with two attached hydrogens (primary N) is 1. The molecule has 1 saturated carbocycles. The molecular formula is C21H24N2O5. The summed E-state index contributed by atoms with van der Waals surface area (Å²) in [4.78, 5) is 23.5. The maximum absolute atomic E-state index is 12.6. The fraction of sp³-hybridized carbons (Fsp3) is 0.333. The molecule has 3 rings (SSSR count). The number of benzene rings is 2. The lowest BCUT2D eigenvalue weighted by molar-refractivity contribution is -0.119. The van der Waals surface area contributed by atoms with Gasteiger partial charge in [0.1, 0.15) is 5.75 Å². The van der Waals surface area contributed by atoms with E-state index in [1.807, 2.05) is 18.2 Å². The number of primary amides is 1. The second-order valence-electron chi connectivity index (χ2n) is 6.63. The third-order valence-corrected chi connectivity index (χ3v) is 4.49. The molecule has 0 aromatic heterocycles. The SMILES string of the molecule is COc1cc(C(=O)Nc2cccc(OC3CCCC3)c2)ccc1OCC(N)=O. The third-order valence-electron chi connectivity index (χ3n) is 4.49. The van der Waals surface area contributed by atoms with Gasteiger partial charge in [-0.3, -0.25) is 9.59 Å². The molecule has 0 aliphatic heterocycles. The fourth-order valence-electron chi connectivity index (χ4n) is 3.13. The number of carbonyl (C=O) groups is 2. The molecule has 7 nitrogen and oxygen atoms in total. The van der Waals surface area contributed by atoms with Crippen molar-refractivity contribution in [3.63, 3.8) is 0 Å². The second-order valence-corrected chi connectivity index (χ2v) is 6.63. The average molecular weight is 384 g/mol. The van der Waals surface area contributed by atoms with Crippen molar-refractivity contribution in [1.29, 1.82) is 0 Å². The van der Waals surface area contributed by atoms with Gasteiger partial charge >= 0.3 is 0 Å². The number of nitrogens with one attached hydrogen (secondary N) is 1. The largest absolute Gasteiger partial charge is 0.493 e. The maximum atomic E-state index is 12.6. The van der Waals surface area contributed by atoms with Crippen LogP contribution in [0.4, 0.5) is 5.69 Å². The molecule has 0 unspecified atom stereocenters. The Morgan fingerprint density at radius 3 is 2.61 bits per heavy atom. The maximum Gasteiger partial charge on any atom is 0.255 e. The Bertz CT molecular complexity index is 846. The fourth-order valence-corrected chi connectivity index (χ4v) is 3.13. The zero-order chi connectivity index (χ0) is 19.9. The van der Waals surface area contributed by atoms with Crippen molar-refractivity contribution in [3.05, 3.63) is 48.0 Å². The first-order valence-corrected chi connectivity index (χ1v) is 9.22. The Morgan fingerprint density at radius 1 is 1.11 bits per heavy atom. The molecule has 2 amide bonds. The zero-order valence-electron chi connectivity index (χ0n) is 15.8. The molecule has 1 fully saturated rings. The number of ether oxygens (including phenoxy) is 3. The van der Waals surface area contributed by atoms with Crippen molar-refractivity contribution < 1.29 is 23.8 Å². The Hall–Kier alpha value is -3.22. The zero-order valence-corrected chi connectivity index (χ0v) is 15.8. The lowest BCUT2D eigenvalue weighted by Crippen LogP contribution is -2.20. The van der Waals surface area contributed by atoms with Crippen LogP contribution in [0.25, 0.3) is 0 Å². The highest BCUT2D eigenvalue weighted by Crippen LogP contribution is 2.29. The van der Waals surface area contributed by atoms with Crippen LogP contribution in [0.1, 0.15) is 36.0 Å². The van der Waals surface area contributed by atoms with Crippen LogP contribution in [0, 0.1) is 0 Å². The topological polar surface area (TPSA) is 99.9 Å². The minimum atomic E-state index is -0.594. The molecule has 2 aromatic carbocycles. The molecule has 0 heterocycles. The highest BCUT2D eigenvalue weighted by molar-refractivity contribution is 6.04. The van der Waals surface area contributed by atoms with Gasteiger partial charge in [-0.25, -0.2) is 0 Å². The first kappa shape index (κ1) is 19.5. The van der Waals surface area contributed by atoms with Crippen LogP contribution in [0.2, 0.25) is 0 Å². The van der Waals surface area contributed by atoms with E-state index in [-0.39, 0.29) is 18.6 Å². The molecule has 148 valence electrons. The van der Waals surface area contributed by atoms with Gasteiger partial charge in [0, 0.05) is 17.3 Å². The second kappa shape index (κ2) is 9.12. The van der Waals surface area contributed by atoms with Crippen molar-refractivity contribution in [1.82, 2.24) is 0 Å². The van der Waals surface area contributed by atoms with Crippen LogP contribution in [0.3, 0.4) is 0 Å². The molecule has 1 aliphatic rings. The van der Waals surface area contributed by atoms with Crippen molar-refractivity contribution in [2.75, 3.05) is 19.0 Å². The number of rotatable bonds is 8. The Kier molecular flexibility index (Phi) is 6.37. The van der Waals surface area contributed by atoms with Gasteiger partial charge in [-0.15, -0.1) is 0 Å². The summed E-state index contributed by atoms with van der Waals surface area (Å²) in [6.45, 7) is -0.268. The molecule has 7 heteroatoms. The lowest BCUT2D eigenvalue weighted by atomic mass is 10.1. The van der Waals surface area contributed by atoms with Crippen LogP contribution in [0.15, 0.2) is 42.5 Å². The summed E-state index contributed by atoms with van der Waals surface area (Å²) in [7, 11) is 1.46. The van der Waals surface area contributed by atoms with Crippen LogP contribution in [-0.4, -0.2) is 31.6 Å². The number of hydrogen-bond acceptors (Lipinski definition) is 5. The summed E-state index contributed by atoms with van der Waals surface area (Å²) in [5.41, 5.74) is 6.12. The molecule has 0 saturated heterocycles. The number of amides is 2. The highest BCUT2D eigenvalue weighted by Gasteiger charge is 2.17. The van der Waals surface area contributed by atoms with Gasteiger partial charge in [0.25, 0.3) is 11.8 Å². The molecular weight excluding hydrogens is 360 g/mol. The van der Waals surface area contributed by atoms with Crippen molar-refractivity contribution in [2.24, 2.45) is 5.73 Å². The quantitative estimate of drug-likeness (QED) is 0.728. The molecule has 0 spiro atoms.